The van der Waals surface area contributed by atoms with Gasteiger partial charge in [-0.25, -0.2) is 13.1 Å². The van der Waals surface area contributed by atoms with Crippen LogP contribution in [0.5, 0.6) is 11.5 Å². The van der Waals surface area contributed by atoms with Crippen LogP contribution in [0.25, 0.3) is 0 Å². The lowest BCUT2D eigenvalue weighted by atomic mass is 10.1. The molecule has 0 radical (unpaired) electrons. The van der Waals surface area contributed by atoms with Crippen molar-refractivity contribution in [3.05, 3.63) is 53.6 Å². The van der Waals surface area contributed by atoms with Crippen LogP contribution in [0.2, 0.25) is 0 Å². The van der Waals surface area contributed by atoms with Crippen molar-refractivity contribution in [3.8, 4) is 11.5 Å². The molecule has 0 saturated carbocycles. The zero-order chi connectivity index (χ0) is 19.3. The molecule has 2 aromatic carbocycles. The van der Waals surface area contributed by atoms with Gasteiger partial charge in [0.1, 0.15) is 0 Å². The van der Waals surface area contributed by atoms with E-state index in [4.69, 9.17) is 9.47 Å². The maximum Gasteiger partial charge on any atom is 0.241 e. The molecule has 6 nitrogen and oxygen atoms in total. The van der Waals surface area contributed by atoms with E-state index in [1.54, 1.807) is 6.07 Å². The van der Waals surface area contributed by atoms with E-state index in [2.05, 4.69) is 21.8 Å². The smallest absolute Gasteiger partial charge is 0.241 e. The average molecular weight is 391 g/mol. The van der Waals surface area contributed by atoms with Crippen molar-refractivity contribution in [1.29, 1.82) is 0 Å². The molecule has 0 amide bonds. The minimum atomic E-state index is -3.65. The van der Waals surface area contributed by atoms with Gasteiger partial charge in [0.05, 0.1) is 19.1 Å². The topological polar surface area (TPSA) is 67.9 Å². The number of hydrogen-bond donors (Lipinski definition) is 1. The summed E-state index contributed by atoms with van der Waals surface area (Å²) in [4.78, 5) is 2.57. The van der Waals surface area contributed by atoms with Crippen molar-refractivity contribution in [3.63, 3.8) is 0 Å². The summed E-state index contributed by atoms with van der Waals surface area (Å²) in [5.74, 6) is 0.874. The molecule has 1 aliphatic heterocycles. The van der Waals surface area contributed by atoms with Gasteiger partial charge in [0.2, 0.25) is 10.0 Å². The minimum absolute atomic E-state index is 0.147. The number of likely N-dealkylation sites (tertiary alicyclic amines) is 1. The first-order chi connectivity index (χ1) is 13.0. The molecule has 0 bridgehead atoms. The van der Waals surface area contributed by atoms with Gasteiger partial charge in [-0.15, -0.1) is 0 Å². The summed E-state index contributed by atoms with van der Waals surface area (Å²) in [5.41, 5.74) is 2.15. The summed E-state index contributed by atoms with van der Waals surface area (Å²) in [6, 6.07) is 12.6. The summed E-state index contributed by atoms with van der Waals surface area (Å²) < 4.78 is 38.3. The predicted octanol–water partition coefficient (Wildman–Crippen LogP) is 2.78. The fourth-order valence-corrected chi connectivity index (χ4v) is 4.32. The Morgan fingerprint density at radius 3 is 2.37 bits per heavy atom. The number of hydrogen-bond acceptors (Lipinski definition) is 5. The van der Waals surface area contributed by atoms with Gasteiger partial charge in [-0.05, 0) is 49.2 Å². The fraction of sp³-hybridized carbons (Fsp3) is 0.400. The normalized spacial score (nSPS) is 15.0. The summed E-state index contributed by atoms with van der Waals surface area (Å²) >= 11 is 0. The molecule has 1 saturated heterocycles. The van der Waals surface area contributed by atoms with Crippen molar-refractivity contribution >= 4 is 10.0 Å². The Morgan fingerprint density at radius 2 is 1.67 bits per heavy atom. The van der Waals surface area contributed by atoms with Crippen molar-refractivity contribution in [1.82, 2.24) is 9.62 Å². The van der Waals surface area contributed by atoms with Crippen LogP contribution in [0.1, 0.15) is 24.0 Å². The van der Waals surface area contributed by atoms with Crippen LogP contribution in [0.15, 0.2) is 47.4 Å². The molecule has 0 spiro atoms. The lowest BCUT2D eigenvalue weighted by Crippen LogP contribution is -2.23. The molecular formula is C20H26N2O4S. The lowest BCUT2D eigenvalue weighted by molar-refractivity contribution is 0.331. The van der Waals surface area contributed by atoms with E-state index in [1.165, 1.54) is 44.8 Å². The van der Waals surface area contributed by atoms with Gasteiger partial charge in [-0.2, -0.15) is 0 Å². The van der Waals surface area contributed by atoms with Crippen molar-refractivity contribution in [2.75, 3.05) is 27.3 Å². The standard InChI is InChI=1S/C20H26N2O4S/c1-25-19-9-8-18(13-20(19)26-2)27(23,24)21-14-16-6-5-7-17(12-16)15-22-10-3-4-11-22/h5-9,12-13,21H,3-4,10-11,14-15H2,1-2H3. The van der Waals surface area contributed by atoms with Crippen molar-refractivity contribution < 1.29 is 17.9 Å². The fourth-order valence-electron chi connectivity index (χ4n) is 3.28. The van der Waals surface area contributed by atoms with E-state index in [-0.39, 0.29) is 11.4 Å². The quantitative estimate of drug-likeness (QED) is 0.751. The molecule has 0 aliphatic carbocycles. The summed E-state index contributed by atoms with van der Waals surface area (Å²) in [6.45, 7) is 3.42. The largest absolute Gasteiger partial charge is 0.493 e. The summed E-state index contributed by atoms with van der Waals surface area (Å²) in [5, 5.41) is 0. The number of nitrogens with one attached hydrogen (secondary N) is 1. The Kier molecular flexibility index (Phi) is 6.36. The number of methoxy groups -OCH3 is 2. The highest BCUT2D eigenvalue weighted by molar-refractivity contribution is 7.89. The Bertz CT molecular complexity index is 877. The third-order valence-electron chi connectivity index (χ3n) is 4.73. The van der Waals surface area contributed by atoms with Crippen LogP contribution < -0.4 is 14.2 Å². The van der Waals surface area contributed by atoms with Gasteiger partial charge < -0.3 is 9.47 Å². The lowest BCUT2D eigenvalue weighted by Gasteiger charge is -2.15. The van der Waals surface area contributed by atoms with Gasteiger partial charge in [0.25, 0.3) is 0 Å². The first-order valence-electron chi connectivity index (χ1n) is 9.04. The highest BCUT2D eigenvalue weighted by Crippen LogP contribution is 2.29. The second kappa shape index (κ2) is 8.73. The van der Waals surface area contributed by atoms with Crippen LogP contribution in [-0.2, 0) is 23.1 Å². The third-order valence-corrected chi connectivity index (χ3v) is 6.13. The molecule has 1 heterocycles. The van der Waals surface area contributed by atoms with Crippen LogP contribution in [0.4, 0.5) is 0 Å². The highest BCUT2D eigenvalue weighted by atomic mass is 32.2. The number of ether oxygens (including phenoxy) is 2. The molecule has 1 N–H and O–H groups in total. The number of rotatable bonds is 8. The Morgan fingerprint density at radius 1 is 0.963 bits per heavy atom. The Labute approximate surface area is 161 Å². The predicted molar refractivity (Wildman–Crippen MR) is 105 cm³/mol. The molecular weight excluding hydrogens is 364 g/mol. The van der Waals surface area contributed by atoms with Crippen LogP contribution in [0.3, 0.4) is 0 Å². The van der Waals surface area contributed by atoms with Crippen LogP contribution >= 0.6 is 0 Å². The Hall–Kier alpha value is -2.09. The summed E-state index contributed by atoms with van der Waals surface area (Å²) in [7, 11) is -0.654. The maximum absolute atomic E-state index is 12.6. The second-order valence-corrected chi connectivity index (χ2v) is 8.41. The van der Waals surface area contributed by atoms with Crippen molar-refractivity contribution in [2.24, 2.45) is 0 Å². The number of sulfonamides is 1. The first kappa shape index (κ1) is 19.7. The number of benzene rings is 2. The molecule has 3 rings (SSSR count). The van der Waals surface area contributed by atoms with E-state index in [9.17, 15) is 8.42 Å². The SMILES string of the molecule is COc1ccc(S(=O)(=O)NCc2cccc(CN3CCCC3)c2)cc1OC. The van der Waals surface area contributed by atoms with Gasteiger partial charge >= 0.3 is 0 Å². The van der Waals surface area contributed by atoms with Gasteiger partial charge in [0.15, 0.2) is 11.5 Å². The molecule has 1 fully saturated rings. The molecule has 0 unspecified atom stereocenters. The van der Waals surface area contributed by atoms with Crippen LogP contribution in [0, 0.1) is 0 Å². The van der Waals surface area contributed by atoms with Crippen molar-refractivity contribution in [2.45, 2.75) is 30.8 Å². The van der Waals surface area contributed by atoms with E-state index in [1.807, 2.05) is 12.1 Å². The maximum atomic E-state index is 12.6. The molecule has 0 aromatic heterocycles. The molecule has 1 aliphatic rings. The number of nitrogens with zero attached hydrogens (tertiary/aromatic N) is 1. The summed E-state index contributed by atoms with van der Waals surface area (Å²) in [6.07, 6.45) is 2.51. The van der Waals surface area contributed by atoms with Gasteiger partial charge in [-0.1, -0.05) is 24.3 Å². The van der Waals surface area contributed by atoms with E-state index in [0.29, 0.717) is 11.5 Å². The Balaban J connectivity index is 1.68. The van der Waals surface area contributed by atoms with E-state index < -0.39 is 10.0 Å². The third kappa shape index (κ3) is 5.00. The zero-order valence-electron chi connectivity index (χ0n) is 15.8. The first-order valence-corrected chi connectivity index (χ1v) is 10.5. The second-order valence-electron chi connectivity index (χ2n) is 6.64. The monoisotopic (exact) mass is 390 g/mol. The molecule has 146 valence electrons. The van der Waals surface area contributed by atoms with Gasteiger partial charge in [0, 0.05) is 19.2 Å². The van der Waals surface area contributed by atoms with E-state index in [0.717, 1.165) is 25.2 Å². The molecule has 7 heteroatoms. The van der Waals surface area contributed by atoms with Crippen LogP contribution in [-0.4, -0.2) is 40.6 Å². The molecule has 27 heavy (non-hydrogen) atoms. The minimum Gasteiger partial charge on any atom is -0.493 e. The average Bonchev–Trinajstić information content (AvgIpc) is 3.19. The highest BCUT2D eigenvalue weighted by Gasteiger charge is 2.17. The molecule has 2 aromatic rings. The van der Waals surface area contributed by atoms with Gasteiger partial charge in [-0.3, -0.25) is 4.90 Å². The molecule has 0 atom stereocenters. The zero-order valence-corrected chi connectivity index (χ0v) is 16.6. The van der Waals surface area contributed by atoms with E-state index >= 15 is 0 Å².